The van der Waals surface area contributed by atoms with E-state index < -0.39 is 0 Å². The lowest BCUT2D eigenvalue weighted by atomic mass is 10.0. The molecule has 2 aromatic heterocycles. The summed E-state index contributed by atoms with van der Waals surface area (Å²) in [5.74, 6) is 0.955. The average molecular weight is 251 g/mol. The standard InChI is InChI=1S/C16H13NO2/c18-16(8-7-14-4-2-10-19-14)13-6-5-12-3-1-9-17-15(12)11-13/h1-6,9-11H,7-8H2. The minimum Gasteiger partial charge on any atom is -0.469 e. The van der Waals surface area contributed by atoms with Gasteiger partial charge >= 0.3 is 0 Å². The number of aryl methyl sites for hydroxylation is 1. The molecule has 3 heteroatoms. The predicted molar refractivity (Wildman–Crippen MR) is 73.1 cm³/mol. The van der Waals surface area contributed by atoms with E-state index in [1.807, 2.05) is 42.5 Å². The fraction of sp³-hybridized carbons (Fsp3) is 0.125. The van der Waals surface area contributed by atoms with Crippen LogP contribution in [0.4, 0.5) is 0 Å². The van der Waals surface area contributed by atoms with Crippen molar-refractivity contribution < 1.29 is 9.21 Å². The summed E-state index contributed by atoms with van der Waals surface area (Å²) in [7, 11) is 0. The summed E-state index contributed by atoms with van der Waals surface area (Å²) in [6.07, 6.45) is 4.44. The molecule has 0 spiro atoms. The molecule has 0 N–H and O–H groups in total. The molecule has 3 nitrogen and oxygen atoms in total. The number of hydrogen-bond donors (Lipinski definition) is 0. The fourth-order valence-electron chi connectivity index (χ4n) is 2.08. The summed E-state index contributed by atoms with van der Waals surface area (Å²) in [5.41, 5.74) is 1.56. The Kier molecular flexibility index (Phi) is 3.11. The second kappa shape index (κ2) is 5.06. The highest BCUT2D eigenvalue weighted by molar-refractivity contribution is 5.99. The van der Waals surface area contributed by atoms with Gasteiger partial charge in [0.25, 0.3) is 0 Å². The Balaban J connectivity index is 1.77. The number of aromatic nitrogens is 1. The molecule has 0 atom stereocenters. The van der Waals surface area contributed by atoms with Crippen LogP contribution >= 0.6 is 0 Å². The first-order valence-electron chi connectivity index (χ1n) is 6.23. The molecule has 19 heavy (non-hydrogen) atoms. The van der Waals surface area contributed by atoms with Crippen LogP contribution in [-0.4, -0.2) is 10.8 Å². The van der Waals surface area contributed by atoms with Crippen LogP contribution in [0.5, 0.6) is 0 Å². The van der Waals surface area contributed by atoms with E-state index in [0.29, 0.717) is 18.4 Å². The van der Waals surface area contributed by atoms with Gasteiger partial charge in [0.15, 0.2) is 5.78 Å². The average Bonchev–Trinajstić information content (AvgIpc) is 2.97. The molecular formula is C16H13NO2. The number of benzene rings is 1. The molecule has 0 saturated heterocycles. The summed E-state index contributed by atoms with van der Waals surface area (Å²) < 4.78 is 5.23. The highest BCUT2D eigenvalue weighted by Crippen LogP contribution is 2.15. The first kappa shape index (κ1) is 11.7. The van der Waals surface area contributed by atoms with E-state index in [1.54, 1.807) is 12.5 Å². The molecule has 0 aliphatic carbocycles. The summed E-state index contributed by atoms with van der Waals surface area (Å²) in [6, 6.07) is 13.2. The zero-order valence-corrected chi connectivity index (χ0v) is 10.4. The number of furan rings is 1. The van der Waals surface area contributed by atoms with E-state index in [0.717, 1.165) is 16.7 Å². The molecular weight excluding hydrogens is 238 g/mol. The predicted octanol–water partition coefficient (Wildman–Crippen LogP) is 3.64. The van der Waals surface area contributed by atoms with Crippen LogP contribution in [0, 0.1) is 0 Å². The number of fused-ring (bicyclic) bond motifs is 1. The second-order valence-electron chi connectivity index (χ2n) is 4.41. The molecule has 0 bridgehead atoms. The van der Waals surface area contributed by atoms with Gasteiger partial charge in [0.2, 0.25) is 0 Å². The van der Waals surface area contributed by atoms with Crippen LogP contribution in [0.1, 0.15) is 22.5 Å². The van der Waals surface area contributed by atoms with Crippen molar-refractivity contribution in [2.45, 2.75) is 12.8 Å². The molecule has 0 fully saturated rings. The van der Waals surface area contributed by atoms with E-state index in [9.17, 15) is 4.79 Å². The van der Waals surface area contributed by atoms with Crippen molar-refractivity contribution >= 4 is 16.7 Å². The van der Waals surface area contributed by atoms with Gasteiger partial charge < -0.3 is 4.42 Å². The van der Waals surface area contributed by atoms with Crippen molar-refractivity contribution in [3.63, 3.8) is 0 Å². The maximum absolute atomic E-state index is 12.1. The summed E-state index contributed by atoms with van der Waals surface area (Å²) in [4.78, 5) is 16.4. The van der Waals surface area contributed by atoms with Crippen LogP contribution in [0.25, 0.3) is 10.9 Å². The molecule has 0 aliphatic rings. The van der Waals surface area contributed by atoms with Gasteiger partial charge in [-0.3, -0.25) is 9.78 Å². The first-order chi connectivity index (χ1) is 9.33. The third kappa shape index (κ3) is 2.55. The van der Waals surface area contributed by atoms with Crippen molar-refractivity contribution in [1.29, 1.82) is 0 Å². The number of Topliss-reactive ketones (excluding diaryl/α,β-unsaturated/α-hetero) is 1. The zero-order valence-electron chi connectivity index (χ0n) is 10.4. The van der Waals surface area contributed by atoms with Crippen LogP contribution in [0.2, 0.25) is 0 Å². The van der Waals surface area contributed by atoms with E-state index in [2.05, 4.69) is 4.98 Å². The Morgan fingerprint density at radius 1 is 1.16 bits per heavy atom. The van der Waals surface area contributed by atoms with Crippen LogP contribution in [-0.2, 0) is 6.42 Å². The number of pyridine rings is 1. The second-order valence-corrected chi connectivity index (χ2v) is 4.41. The van der Waals surface area contributed by atoms with Crippen LogP contribution in [0.15, 0.2) is 59.3 Å². The van der Waals surface area contributed by atoms with Crippen molar-refractivity contribution in [3.05, 3.63) is 66.2 Å². The number of carbonyl (C=O) groups is 1. The van der Waals surface area contributed by atoms with E-state index in [-0.39, 0.29) is 5.78 Å². The maximum atomic E-state index is 12.1. The number of rotatable bonds is 4. The number of hydrogen-bond acceptors (Lipinski definition) is 3. The highest BCUT2D eigenvalue weighted by atomic mass is 16.3. The lowest BCUT2D eigenvalue weighted by Crippen LogP contribution is -2.01. The smallest absolute Gasteiger partial charge is 0.163 e. The molecule has 0 unspecified atom stereocenters. The Labute approximate surface area is 110 Å². The highest BCUT2D eigenvalue weighted by Gasteiger charge is 2.08. The Hall–Kier alpha value is -2.42. The van der Waals surface area contributed by atoms with Gasteiger partial charge in [0.05, 0.1) is 11.8 Å². The van der Waals surface area contributed by atoms with E-state index in [4.69, 9.17) is 4.42 Å². The van der Waals surface area contributed by atoms with Crippen molar-refractivity contribution in [2.75, 3.05) is 0 Å². The minimum atomic E-state index is 0.115. The van der Waals surface area contributed by atoms with Gasteiger partial charge in [-0.25, -0.2) is 0 Å². The van der Waals surface area contributed by atoms with Gasteiger partial charge in [-0.15, -0.1) is 0 Å². The van der Waals surface area contributed by atoms with Gasteiger partial charge in [-0.05, 0) is 24.3 Å². The Morgan fingerprint density at radius 2 is 2.11 bits per heavy atom. The lowest BCUT2D eigenvalue weighted by Gasteiger charge is -2.02. The van der Waals surface area contributed by atoms with Crippen molar-refractivity contribution in [1.82, 2.24) is 4.98 Å². The van der Waals surface area contributed by atoms with Gasteiger partial charge in [0.1, 0.15) is 5.76 Å². The van der Waals surface area contributed by atoms with E-state index in [1.165, 1.54) is 0 Å². The SMILES string of the molecule is O=C(CCc1ccco1)c1ccc2cccnc2c1. The summed E-state index contributed by atoms with van der Waals surface area (Å²) in [5, 5.41) is 1.05. The van der Waals surface area contributed by atoms with Crippen molar-refractivity contribution in [3.8, 4) is 0 Å². The third-order valence-corrected chi connectivity index (χ3v) is 3.11. The van der Waals surface area contributed by atoms with Gasteiger partial charge in [-0.1, -0.05) is 18.2 Å². The zero-order chi connectivity index (χ0) is 13.1. The molecule has 0 radical (unpaired) electrons. The molecule has 0 amide bonds. The normalized spacial score (nSPS) is 10.7. The fourth-order valence-corrected chi connectivity index (χ4v) is 2.08. The number of ketones is 1. The van der Waals surface area contributed by atoms with Gasteiger partial charge in [-0.2, -0.15) is 0 Å². The quantitative estimate of drug-likeness (QED) is 0.665. The topological polar surface area (TPSA) is 43.1 Å². The largest absolute Gasteiger partial charge is 0.469 e. The molecule has 0 aliphatic heterocycles. The molecule has 94 valence electrons. The van der Waals surface area contributed by atoms with Gasteiger partial charge in [0, 0.05) is 30.0 Å². The Bertz CT molecular complexity index is 702. The monoisotopic (exact) mass is 251 g/mol. The third-order valence-electron chi connectivity index (χ3n) is 3.11. The number of nitrogens with zero attached hydrogens (tertiary/aromatic N) is 1. The molecule has 3 rings (SSSR count). The van der Waals surface area contributed by atoms with Crippen LogP contribution < -0.4 is 0 Å². The van der Waals surface area contributed by atoms with E-state index >= 15 is 0 Å². The molecule has 1 aromatic carbocycles. The Morgan fingerprint density at radius 3 is 2.95 bits per heavy atom. The molecule has 2 heterocycles. The number of carbonyl (C=O) groups excluding carboxylic acids is 1. The molecule has 0 saturated carbocycles. The lowest BCUT2D eigenvalue weighted by molar-refractivity contribution is 0.0981. The van der Waals surface area contributed by atoms with Crippen LogP contribution in [0.3, 0.4) is 0 Å². The maximum Gasteiger partial charge on any atom is 0.163 e. The molecule has 3 aromatic rings. The summed E-state index contributed by atoms with van der Waals surface area (Å²) in [6.45, 7) is 0. The first-order valence-corrected chi connectivity index (χ1v) is 6.23. The van der Waals surface area contributed by atoms with Crippen molar-refractivity contribution in [2.24, 2.45) is 0 Å². The minimum absolute atomic E-state index is 0.115. The summed E-state index contributed by atoms with van der Waals surface area (Å²) >= 11 is 0.